The molecule has 7 heteroatoms. The summed E-state index contributed by atoms with van der Waals surface area (Å²) in [6.07, 6.45) is 3.05. The fourth-order valence-electron chi connectivity index (χ4n) is 3.05. The van der Waals surface area contributed by atoms with Crippen LogP contribution < -0.4 is 10.1 Å². The van der Waals surface area contributed by atoms with Crippen LogP contribution in [0.5, 0.6) is 5.75 Å². The van der Waals surface area contributed by atoms with E-state index in [2.05, 4.69) is 5.32 Å². The quantitative estimate of drug-likeness (QED) is 0.761. The number of amides is 1. The normalized spacial score (nSPS) is 16.6. The number of carbonyl (C=O) groups is 1. The number of ether oxygens (including phenoxy) is 1. The summed E-state index contributed by atoms with van der Waals surface area (Å²) in [5.41, 5.74) is 1.06. The van der Waals surface area contributed by atoms with Crippen molar-refractivity contribution in [3.63, 3.8) is 0 Å². The van der Waals surface area contributed by atoms with Crippen molar-refractivity contribution in [1.82, 2.24) is 9.62 Å². The third kappa shape index (κ3) is 6.01. The van der Waals surface area contributed by atoms with Gasteiger partial charge in [-0.15, -0.1) is 0 Å². The van der Waals surface area contributed by atoms with E-state index in [0.717, 1.165) is 11.3 Å². The molecule has 0 spiro atoms. The van der Waals surface area contributed by atoms with E-state index in [1.165, 1.54) is 0 Å². The van der Waals surface area contributed by atoms with E-state index in [4.69, 9.17) is 4.74 Å². The van der Waals surface area contributed by atoms with Gasteiger partial charge in [0.1, 0.15) is 5.75 Å². The number of aryl methyl sites for hydroxylation is 1. The second-order valence-electron chi connectivity index (χ2n) is 6.41. The molecule has 1 aromatic carbocycles. The van der Waals surface area contributed by atoms with Gasteiger partial charge in [-0.1, -0.05) is 19.1 Å². The Bertz CT molecular complexity index is 667. The van der Waals surface area contributed by atoms with E-state index in [9.17, 15) is 13.2 Å². The smallest absolute Gasteiger partial charge is 0.220 e. The average Bonchev–Trinajstić information content (AvgIpc) is 2.60. The van der Waals surface area contributed by atoms with Crippen molar-refractivity contribution in [3.05, 3.63) is 29.8 Å². The van der Waals surface area contributed by atoms with E-state index in [0.29, 0.717) is 45.2 Å². The summed E-state index contributed by atoms with van der Waals surface area (Å²) in [5.74, 6) is 1.00. The molecule has 140 valence electrons. The summed E-state index contributed by atoms with van der Waals surface area (Å²) >= 11 is 0. The lowest BCUT2D eigenvalue weighted by Gasteiger charge is -2.31. The Labute approximate surface area is 150 Å². The van der Waals surface area contributed by atoms with E-state index < -0.39 is 10.0 Å². The van der Waals surface area contributed by atoms with Gasteiger partial charge in [-0.3, -0.25) is 4.79 Å². The van der Waals surface area contributed by atoms with Crippen LogP contribution in [0.1, 0.15) is 38.2 Å². The monoisotopic (exact) mass is 368 g/mol. The molecule has 0 bridgehead atoms. The molecule has 0 atom stereocenters. The fourth-order valence-corrected chi connectivity index (χ4v) is 4.59. The van der Waals surface area contributed by atoms with Crippen molar-refractivity contribution < 1.29 is 17.9 Å². The van der Waals surface area contributed by atoms with Crippen molar-refractivity contribution >= 4 is 15.9 Å². The van der Waals surface area contributed by atoms with Crippen LogP contribution in [-0.2, 0) is 21.2 Å². The summed E-state index contributed by atoms with van der Waals surface area (Å²) in [6.45, 7) is 2.85. The molecule has 1 saturated heterocycles. The molecular weight excluding hydrogens is 340 g/mol. The molecule has 0 unspecified atom stereocenters. The van der Waals surface area contributed by atoms with Crippen LogP contribution in [0.15, 0.2) is 24.3 Å². The highest BCUT2D eigenvalue weighted by atomic mass is 32.2. The zero-order valence-corrected chi connectivity index (χ0v) is 15.8. The first kappa shape index (κ1) is 19.7. The maximum atomic E-state index is 12.1. The number of piperidine rings is 1. The zero-order valence-electron chi connectivity index (χ0n) is 15.0. The predicted molar refractivity (Wildman–Crippen MR) is 98.1 cm³/mol. The largest absolute Gasteiger partial charge is 0.497 e. The van der Waals surface area contributed by atoms with Gasteiger partial charge in [0.25, 0.3) is 0 Å². The Morgan fingerprint density at radius 3 is 2.68 bits per heavy atom. The molecule has 1 N–H and O–H groups in total. The number of nitrogens with zero attached hydrogens (tertiary/aromatic N) is 1. The van der Waals surface area contributed by atoms with Crippen LogP contribution in [0.4, 0.5) is 0 Å². The SMILES string of the molecule is CCCS(=O)(=O)N1CCC(NC(=O)CCc2cccc(OC)c2)CC1. The fraction of sp³-hybridized carbons (Fsp3) is 0.611. The first-order valence-electron chi connectivity index (χ1n) is 8.84. The molecular formula is C18H28N2O4S. The van der Waals surface area contributed by atoms with E-state index in [1.807, 2.05) is 31.2 Å². The van der Waals surface area contributed by atoms with Crippen LogP contribution >= 0.6 is 0 Å². The minimum Gasteiger partial charge on any atom is -0.497 e. The number of benzene rings is 1. The van der Waals surface area contributed by atoms with Crippen LogP contribution in [0, 0.1) is 0 Å². The molecule has 0 saturated carbocycles. The zero-order chi connectivity index (χ0) is 18.3. The molecule has 1 aliphatic heterocycles. The van der Waals surface area contributed by atoms with E-state index >= 15 is 0 Å². The van der Waals surface area contributed by atoms with Gasteiger partial charge in [0.2, 0.25) is 15.9 Å². The summed E-state index contributed by atoms with van der Waals surface area (Å²) in [4.78, 5) is 12.1. The molecule has 25 heavy (non-hydrogen) atoms. The van der Waals surface area contributed by atoms with E-state index in [-0.39, 0.29) is 17.7 Å². The van der Waals surface area contributed by atoms with Crippen LogP contribution in [0.3, 0.4) is 0 Å². The summed E-state index contributed by atoms with van der Waals surface area (Å²) in [7, 11) is -1.51. The van der Waals surface area contributed by atoms with Gasteiger partial charge in [0.05, 0.1) is 12.9 Å². The highest BCUT2D eigenvalue weighted by molar-refractivity contribution is 7.89. The van der Waals surface area contributed by atoms with Gasteiger partial charge >= 0.3 is 0 Å². The number of carbonyl (C=O) groups excluding carboxylic acids is 1. The second kappa shape index (κ2) is 9.20. The first-order valence-corrected chi connectivity index (χ1v) is 10.5. The molecule has 1 fully saturated rings. The van der Waals surface area contributed by atoms with Crippen molar-refractivity contribution in [2.24, 2.45) is 0 Å². The van der Waals surface area contributed by atoms with Gasteiger partial charge in [-0.2, -0.15) is 0 Å². The third-order valence-electron chi connectivity index (χ3n) is 4.45. The topological polar surface area (TPSA) is 75.7 Å². The van der Waals surface area contributed by atoms with Crippen molar-refractivity contribution in [3.8, 4) is 5.75 Å². The number of methoxy groups -OCH3 is 1. The van der Waals surface area contributed by atoms with Crippen LogP contribution in [0.25, 0.3) is 0 Å². The molecule has 1 aromatic rings. The molecule has 1 aliphatic rings. The number of hydrogen-bond donors (Lipinski definition) is 1. The number of nitrogens with one attached hydrogen (secondary N) is 1. The summed E-state index contributed by atoms with van der Waals surface area (Å²) in [5, 5.41) is 3.03. The average molecular weight is 368 g/mol. The molecule has 6 nitrogen and oxygen atoms in total. The lowest BCUT2D eigenvalue weighted by molar-refractivity contribution is -0.122. The van der Waals surface area contributed by atoms with E-state index in [1.54, 1.807) is 11.4 Å². The highest BCUT2D eigenvalue weighted by Crippen LogP contribution is 2.16. The summed E-state index contributed by atoms with van der Waals surface area (Å²) < 4.78 is 30.8. The van der Waals surface area contributed by atoms with Gasteiger partial charge in [-0.25, -0.2) is 12.7 Å². The number of sulfonamides is 1. The van der Waals surface area contributed by atoms with Gasteiger partial charge < -0.3 is 10.1 Å². The number of rotatable bonds is 8. The number of hydrogen-bond acceptors (Lipinski definition) is 4. The van der Waals surface area contributed by atoms with Crippen LogP contribution in [-0.4, -0.2) is 50.6 Å². The van der Waals surface area contributed by atoms with Crippen molar-refractivity contribution in [1.29, 1.82) is 0 Å². The summed E-state index contributed by atoms with van der Waals surface area (Å²) in [6, 6.07) is 7.77. The minimum absolute atomic E-state index is 0.0117. The Morgan fingerprint density at radius 2 is 2.04 bits per heavy atom. The van der Waals surface area contributed by atoms with Crippen LogP contribution in [0.2, 0.25) is 0 Å². The Kier molecular flexibility index (Phi) is 7.25. The molecule has 0 radical (unpaired) electrons. The minimum atomic E-state index is -3.13. The van der Waals surface area contributed by atoms with Gasteiger partial charge in [0, 0.05) is 25.6 Å². The standard InChI is InChI=1S/C18H28N2O4S/c1-3-13-25(22,23)20-11-9-16(10-12-20)19-18(21)8-7-15-5-4-6-17(14-15)24-2/h4-6,14,16H,3,7-13H2,1-2H3,(H,19,21). The Morgan fingerprint density at radius 1 is 1.32 bits per heavy atom. The maximum absolute atomic E-state index is 12.1. The molecule has 0 aromatic heterocycles. The Hall–Kier alpha value is -1.60. The van der Waals surface area contributed by atoms with Crippen molar-refractivity contribution in [2.75, 3.05) is 26.0 Å². The second-order valence-corrected chi connectivity index (χ2v) is 8.50. The molecule has 0 aliphatic carbocycles. The molecule has 1 heterocycles. The first-order chi connectivity index (χ1) is 11.9. The molecule has 2 rings (SSSR count). The van der Waals surface area contributed by atoms with Gasteiger partial charge in [0.15, 0.2) is 0 Å². The Balaban J connectivity index is 1.75. The van der Waals surface area contributed by atoms with Gasteiger partial charge in [-0.05, 0) is 43.4 Å². The molecule has 1 amide bonds. The third-order valence-corrected chi connectivity index (χ3v) is 6.53. The lowest BCUT2D eigenvalue weighted by atomic mass is 10.1. The van der Waals surface area contributed by atoms with Crippen molar-refractivity contribution in [2.45, 2.75) is 45.1 Å². The maximum Gasteiger partial charge on any atom is 0.220 e. The predicted octanol–water partition coefficient (Wildman–Crippen LogP) is 1.95. The lowest BCUT2D eigenvalue weighted by Crippen LogP contribution is -2.47. The highest BCUT2D eigenvalue weighted by Gasteiger charge is 2.27.